The zero-order chi connectivity index (χ0) is 13.1. The van der Waals surface area contributed by atoms with Crippen LogP contribution in [0, 0.1) is 0 Å². The van der Waals surface area contributed by atoms with E-state index >= 15 is 0 Å². The second-order valence-electron chi connectivity index (χ2n) is 4.63. The van der Waals surface area contributed by atoms with Crippen molar-refractivity contribution in [2.24, 2.45) is 0 Å². The fraction of sp³-hybridized carbons (Fsp3) is 0.250. The van der Waals surface area contributed by atoms with Crippen LogP contribution in [0.1, 0.15) is 24.3 Å². The van der Waals surface area contributed by atoms with Crippen LogP contribution in [0.5, 0.6) is 0 Å². The van der Waals surface area contributed by atoms with E-state index in [4.69, 9.17) is 4.42 Å². The highest BCUT2D eigenvalue weighted by molar-refractivity contribution is 7.07. The molecule has 0 amide bonds. The highest BCUT2D eigenvalue weighted by Crippen LogP contribution is 2.26. The number of furan rings is 1. The number of fused-ring (bicyclic) bond motifs is 1. The standard InChI is InChI=1S/C16H17NOS/c1-2-17-14(9-12-7-8-19-11-12)16-10-13-5-3-4-6-15(13)18-16/h3-8,10-11,14,17H,2,9H2,1H3. The van der Waals surface area contributed by atoms with E-state index in [0.29, 0.717) is 0 Å². The van der Waals surface area contributed by atoms with Crippen LogP contribution >= 0.6 is 11.3 Å². The number of thiophene rings is 1. The van der Waals surface area contributed by atoms with E-state index in [1.165, 1.54) is 10.9 Å². The van der Waals surface area contributed by atoms with Gasteiger partial charge < -0.3 is 9.73 Å². The number of para-hydroxylation sites is 1. The van der Waals surface area contributed by atoms with Gasteiger partial charge in [0.1, 0.15) is 11.3 Å². The number of hydrogen-bond acceptors (Lipinski definition) is 3. The largest absolute Gasteiger partial charge is 0.459 e. The summed E-state index contributed by atoms with van der Waals surface area (Å²) in [6.07, 6.45) is 0.969. The molecule has 0 spiro atoms. The van der Waals surface area contributed by atoms with E-state index in [-0.39, 0.29) is 6.04 Å². The summed E-state index contributed by atoms with van der Waals surface area (Å²) in [7, 11) is 0. The molecule has 1 N–H and O–H groups in total. The lowest BCUT2D eigenvalue weighted by Gasteiger charge is -2.14. The lowest BCUT2D eigenvalue weighted by atomic mass is 10.1. The van der Waals surface area contributed by atoms with Gasteiger partial charge in [0.15, 0.2) is 0 Å². The number of hydrogen-bond donors (Lipinski definition) is 1. The molecule has 0 fully saturated rings. The monoisotopic (exact) mass is 271 g/mol. The molecule has 98 valence electrons. The second-order valence-corrected chi connectivity index (χ2v) is 5.41. The van der Waals surface area contributed by atoms with Gasteiger partial charge in [0.25, 0.3) is 0 Å². The first-order valence-corrected chi connectivity index (χ1v) is 7.54. The molecule has 0 aliphatic rings. The lowest BCUT2D eigenvalue weighted by Crippen LogP contribution is -2.22. The van der Waals surface area contributed by atoms with Gasteiger partial charge in [-0.15, -0.1) is 0 Å². The Morgan fingerprint density at radius 1 is 1.26 bits per heavy atom. The summed E-state index contributed by atoms with van der Waals surface area (Å²) in [5, 5.41) is 9.00. The van der Waals surface area contributed by atoms with Crippen molar-refractivity contribution in [1.29, 1.82) is 0 Å². The third kappa shape index (κ3) is 2.72. The molecule has 0 saturated heterocycles. The van der Waals surface area contributed by atoms with Crippen molar-refractivity contribution in [1.82, 2.24) is 5.32 Å². The Morgan fingerprint density at radius 3 is 2.89 bits per heavy atom. The minimum atomic E-state index is 0.243. The van der Waals surface area contributed by atoms with Crippen LogP contribution in [0.2, 0.25) is 0 Å². The lowest BCUT2D eigenvalue weighted by molar-refractivity contribution is 0.435. The van der Waals surface area contributed by atoms with E-state index < -0.39 is 0 Å². The highest BCUT2D eigenvalue weighted by Gasteiger charge is 2.16. The third-order valence-electron chi connectivity index (χ3n) is 3.26. The van der Waals surface area contributed by atoms with Crippen LogP contribution in [0.4, 0.5) is 0 Å². The van der Waals surface area contributed by atoms with Gasteiger partial charge in [-0.1, -0.05) is 25.1 Å². The molecule has 19 heavy (non-hydrogen) atoms. The van der Waals surface area contributed by atoms with Crippen molar-refractivity contribution >= 4 is 22.3 Å². The van der Waals surface area contributed by atoms with Crippen molar-refractivity contribution in [2.75, 3.05) is 6.54 Å². The predicted octanol–water partition coefficient (Wildman–Crippen LogP) is 4.39. The molecule has 0 radical (unpaired) electrons. The maximum Gasteiger partial charge on any atom is 0.134 e. The second kappa shape index (κ2) is 5.59. The van der Waals surface area contributed by atoms with Crippen molar-refractivity contribution in [3.05, 3.63) is 58.5 Å². The summed E-state index contributed by atoms with van der Waals surface area (Å²) in [6.45, 7) is 3.06. The van der Waals surface area contributed by atoms with E-state index in [1.54, 1.807) is 11.3 Å². The van der Waals surface area contributed by atoms with Crippen LogP contribution in [-0.2, 0) is 6.42 Å². The van der Waals surface area contributed by atoms with Crippen molar-refractivity contribution in [2.45, 2.75) is 19.4 Å². The summed E-state index contributed by atoms with van der Waals surface area (Å²) >= 11 is 1.74. The molecule has 0 bridgehead atoms. The Hall–Kier alpha value is -1.58. The molecular formula is C16H17NOS. The van der Waals surface area contributed by atoms with Gasteiger partial charge in [-0.25, -0.2) is 0 Å². The zero-order valence-electron chi connectivity index (χ0n) is 10.9. The van der Waals surface area contributed by atoms with Crippen LogP contribution < -0.4 is 5.32 Å². The summed E-state index contributed by atoms with van der Waals surface area (Å²) in [6, 6.07) is 12.7. The number of benzene rings is 1. The molecule has 1 unspecified atom stereocenters. The maximum absolute atomic E-state index is 5.97. The van der Waals surface area contributed by atoms with Gasteiger partial charge in [0.05, 0.1) is 6.04 Å². The summed E-state index contributed by atoms with van der Waals surface area (Å²) < 4.78 is 5.97. The van der Waals surface area contributed by atoms with Gasteiger partial charge in [0, 0.05) is 5.39 Å². The van der Waals surface area contributed by atoms with Crippen LogP contribution in [0.25, 0.3) is 11.0 Å². The topological polar surface area (TPSA) is 25.2 Å². The fourth-order valence-electron chi connectivity index (χ4n) is 2.34. The summed E-state index contributed by atoms with van der Waals surface area (Å²) in [4.78, 5) is 0. The van der Waals surface area contributed by atoms with Crippen molar-refractivity contribution < 1.29 is 4.42 Å². The smallest absolute Gasteiger partial charge is 0.134 e. The van der Waals surface area contributed by atoms with Crippen molar-refractivity contribution in [3.8, 4) is 0 Å². The Morgan fingerprint density at radius 2 is 2.16 bits per heavy atom. The first kappa shape index (κ1) is 12.5. The Labute approximate surface area is 117 Å². The molecule has 0 aliphatic carbocycles. The third-order valence-corrected chi connectivity index (χ3v) is 3.99. The van der Waals surface area contributed by atoms with E-state index in [9.17, 15) is 0 Å². The average Bonchev–Trinajstić information content (AvgIpc) is 3.06. The molecule has 0 aliphatic heterocycles. The Bertz CT molecular complexity index is 609. The van der Waals surface area contributed by atoms with Gasteiger partial charge in [0.2, 0.25) is 0 Å². The molecule has 3 heteroatoms. The SMILES string of the molecule is CCNC(Cc1ccsc1)c1cc2ccccc2o1. The van der Waals surface area contributed by atoms with Gasteiger partial charge >= 0.3 is 0 Å². The van der Waals surface area contributed by atoms with Gasteiger partial charge in [-0.3, -0.25) is 0 Å². The first-order valence-electron chi connectivity index (χ1n) is 6.59. The van der Waals surface area contributed by atoms with Crippen LogP contribution in [0.3, 0.4) is 0 Å². The Balaban J connectivity index is 1.90. The predicted molar refractivity (Wildman–Crippen MR) is 80.7 cm³/mol. The number of likely N-dealkylation sites (N-methyl/N-ethyl adjacent to an activating group) is 1. The molecule has 0 saturated carbocycles. The van der Waals surface area contributed by atoms with E-state index in [0.717, 1.165) is 24.3 Å². The number of rotatable bonds is 5. The molecule has 3 aromatic rings. The van der Waals surface area contributed by atoms with Crippen molar-refractivity contribution in [3.63, 3.8) is 0 Å². The number of nitrogens with one attached hydrogen (secondary N) is 1. The molecule has 3 rings (SSSR count). The maximum atomic E-state index is 5.97. The minimum Gasteiger partial charge on any atom is -0.459 e. The van der Waals surface area contributed by atoms with Crippen LogP contribution in [-0.4, -0.2) is 6.54 Å². The molecule has 2 heterocycles. The minimum absolute atomic E-state index is 0.243. The molecular weight excluding hydrogens is 254 g/mol. The van der Waals surface area contributed by atoms with Gasteiger partial charge in [-0.05, 0) is 47.5 Å². The molecule has 2 aromatic heterocycles. The zero-order valence-corrected chi connectivity index (χ0v) is 11.7. The fourth-order valence-corrected chi connectivity index (χ4v) is 3.02. The highest BCUT2D eigenvalue weighted by atomic mass is 32.1. The average molecular weight is 271 g/mol. The first-order chi connectivity index (χ1) is 9.36. The van der Waals surface area contributed by atoms with Gasteiger partial charge in [-0.2, -0.15) is 11.3 Å². The molecule has 2 nitrogen and oxygen atoms in total. The summed E-state index contributed by atoms with van der Waals surface area (Å²) in [5.74, 6) is 1.02. The van der Waals surface area contributed by atoms with Crippen LogP contribution in [0.15, 0.2) is 51.6 Å². The molecule has 1 aromatic carbocycles. The quantitative estimate of drug-likeness (QED) is 0.744. The normalized spacial score (nSPS) is 12.9. The Kier molecular flexibility index (Phi) is 3.67. The molecule has 1 atom stereocenters. The van der Waals surface area contributed by atoms with E-state index in [2.05, 4.69) is 41.2 Å². The van der Waals surface area contributed by atoms with E-state index in [1.807, 2.05) is 18.2 Å². The summed E-state index contributed by atoms with van der Waals surface area (Å²) in [5.41, 5.74) is 2.32.